The molecule has 1 heterocycles. The summed E-state index contributed by atoms with van der Waals surface area (Å²) in [5.41, 5.74) is 1.01. The fraction of sp³-hybridized carbons (Fsp3) is 0.500. The molecule has 82 valence electrons. The molecule has 1 atom stereocenters. The van der Waals surface area contributed by atoms with E-state index in [2.05, 4.69) is 11.8 Å². The van der Waals surface area contributed by atoms with Crippen LogP contribution in [0.15, 0.2) is 18.2 Å². The SMILES string of the molecule is CC1CCCN(c2c(Cl)cccc2Cl)C1. The van der Waals surface area contributed by atoms with E-state index in [1.54, 1.807) is 0 Å². The lowest BCUT2D eigenvalue weighted by Crippen LogP contribution is -2.34. The van der Waals surface area contributed by atoms with Crippen molar-refractivity contribution in [2.45, 2.75) is 19.8 Å². The van der Waals surface area contributed by atoms with Crippen molar-refractivity contribution in [2.75, 3.05) is 18.0 Å². The Morgan fingerprint density at radius 2 is 1.93 bits per heavy atom. The number of anilines is 1. The average molecular weight is 244 g/mol. The Morgan fingerprint density at radius 3 is 2.53 bits per heavy atom. The normalized spacial score (nSPS) is 21.8. The first kappa shape index (κ1) is 11.1. The van der Waals surface area contributed by atoms with Crippen LogP contribution in [0.4, 0.5) is 5.69 Å². The molecule has 0 saturated carbocycles. The molecule has 1 nitrogen and oxygen atoms in total. The summed E-state index contributed by atoms with van der Waals surface area (Å²) in [5.74, 6) is 0.728. The monoisotopic (exact) mass is 243 g/mol. The number of piperidine rings is 1. The molecule has 0 N–H and O–H groups in total. The lowest BCUT2D eigenvalue weighted by Gasteiger charge is -2.33. The second-order valence-electron chi connectivity index (χ2n) is 4.26. The number of para-hydroxylation sites is 1. The predicted octanol–water partition coefficient (Wildman–Crippen LogP) is 4.23. The molecule has 0 spiro atoms. The number of halogens is 2. The van der Waals surface area contributed by atoms with Crippen LogP contribution in [0.25, 0.3) is 0 Å². The third kappa shape index (κ3) is 2.40. The molecule has 0 radical (unpaired) electrons. The Hall–Kier alpha value is -0.400. The maximum atomic E-state index is 6.18. The van der Waals surface area contributed by atoms with E-state index in [1.165, 1.54) is 12.8 Å². The zero-order valence-electron chi connectivity index (χ0n) is 8.84. The van der Waals surface area contributed by atoms with Gasteiger partial charge in [0.2, 0.25) is 0 Å². The lowest BCUT2D eigenvalue weighted by atomic mass is 10.00. The molecule has 1 aliphatic heterocycles. The molecule has 1 saturated heterocycles. The van der Waals surface area contributed by atoms with E-state index in [1.807, 2.05) is 18.2 Å². The van der Waals surface area contributed by atoms with Crippen LogP contribution in [-0.4, -0.2) is 13.1 Å². The first-order valence-corrected chi connectivity index (χ1v) is 6.13. The molecule has 0 bridgehead atoms. The van der Waals surface area contributed by atoms with Crippen LogP contribution in [0, 0.1) is 5.92 Å². The summed E-state index contributed by atoms with van der Waals surface area (Å²) in [7, 11) is 0. The second kappa shape index (κ2) is 4.63. The summed E-state index contributed by atoms with van der Waals surface area (Å²) >= 11 is 12.4. The second-order valence-corrected chi connectivity index (χ2v) is 5.08. The minimum atomic E-state index is 0.728. The Balaban J connectivity index is 2.28. The van der Waals surface area contributed by atoms with Crippen LogP contribution in [0.3, 0.4) is 0 Å². The van der Waals surface area contributed by atoms with Gasteiger partial charge in [-0.05, 0) is 30.9 Å². The molecule has 15 heavy (non-hydrogen) atoms. The van der Waals surface area contributed by atoms with E-state index in [0.717, 1.165) is 34.7 Å². The Kier molecular flexibility index (Phi) is 3.42. The number of hydrogen-bond acceptors (Lipinski definition) is 1. The zero-order valence-corrected chi connectivity index (χ0v) is 10.4. The van der Waals surface area contributed by atoms with E-state index in [-0.39, 0.29) is 0 Å². The number of benzene rings is 1. The number of nitrogens with zero attached hydrogens (tertiary/aromatic N) is 1. The predicted molar refractivity (Wildman–Crippen MR) is 67.1 cm³/mol. The zero-order chi connectivity index (χ0) is 10.8. The maximum absolute atomic E-state index is 6.18. The molecule has 0 aromatic heterocycles. The van der Waals surface area contributed by atoms with Gasteiger partial charge in [-0.3, -0.25) is 0 Å². The topological polar surface area (TPSA) is 3.24 Å². The highest BCUT2D eigenvalue weighted by molar-refractivity contribution is 6.39. The van der Waals surface area contributed by atoms with Crippen molar-refractivity contribution in [1.29, 1.82) is 0 Å². The van der Waals surface area contributed by atoms with Gasteiger partial charge in [0.1, 0.15) is 0 Å². The largest absolute Gasteiger partial charge is 0.369 e. The third-order valence-corrected chi connectivity index (χ3v) is 3.52. The summed E-state index contributed by atoms with van der Waals surface area (Å²) in [4.78, 5) is 2.30. The molecule has 1 aliphatic rings. The molecule has 1 aromatic carbocycles. The molecule has 1 fully saturated rings. The lowest BCUT2D eigenvalue weighted by molar-refractivity contribution is 0.447. The van der Waals surface area contributed by atoms with Gasteiger partial charge in [0.05, 0.1) is 15.7 Å². The molecular formula is C12H15Cl2N. The van der Waals surface area contributed by atoms with Crippen molar-refractivity contribution >= 4 is 28.9 Å². The van der Waals surface area contributed by atoms with Gasteiger partial charge in [0.25, 0.3) is 0 Å². The molecule has 1 unspecified atom stereocenters. The van der Waals surface area contributed by atoms with E-state index in [4.69, 9.17) is 23.2 Å². The summed E-state index contributed by atoms with van der Waals surface area (Å²) < 4.78 is 0. The van der Waals surface area contributed by atoms with Crippen LogP contribution in [0.5, 0.6) is 0 Å². The fourth-order valence-electron chi connectivity index (χ4n) is 2.18. The highest BCUT2D eigenvalue weighted by Crippen LogP contribution is 2.35. The van der Waals surface area contributed by atoms with Gasteiger partial charge in [-0.15, -0.1) is 0 Å². The Labute approximate surface area is 101 Å². The summed E-state index contributed by atoms with van der Waals surface area (Å²) in [5, 5.41) is 1.52. The van der Waals surface area contributed by atoms with Gasteiger partial charge < -0.3 is 4.90 Å². The Morgan fingerprint density at radius 1 is 1.27 bits per heavy atom. The average Bonchev–Trinajstić information content (AvgIpc) is 2.17. The molecule has 2 rings (SSSR count). The van der Waals surface area contributed by atoms with Crippen molar-refractivity contribution in [3.8, 4) is 0 Å². The summed E-state index contributed by atoms with van der Waals surface area (Å²) in [6, 6.07) is 5.70. The van der Waals surface area contributed by atoms with Crippen LogP contribution >= 0.6 is 23.2 Å². The van der Waals surface area contributed by atoms with E-state index < -0.39 is 0 Å². The van der Waals surface area contributed by atoms with E-state index >= 15 is 0 Å². The van der Waals surface area contributed by atoms with Gasteiger partial charge in [-0.25, -0.2) is 0 Å². The Bertz CT molecular complexity index is 331. The van der Waals surface area contributed by atoms with Crippen molar-refractivity contribution in [1.82, 2.24) is 0 Å². The van der Waals surface area contributed by atoms with Crippen molar-refractivity contribution in [2.24, 2.45) is 5.92 Å². The van der Waals surface area contributed by atoms with Crippen LogP contribution in [0.1, 0.15) is 19.8 Å². The van der Waals surface area contributed by atoms with E-state index in [9.17, 15) is 0 Å². The van der Waals surface area contributed by atoms with Crippen LogP contribution < -0.4 is 4.90 Å². The first-order valence-electron chi connectivity index (χ1n) is 5.37. The van der Waals surface area contributed by atoms with Crippen molar-refractivity contribution < 1.29 is 0 Å². The maximum Gasteiger partial charge on any atom is 0.0745 e. The van der Waals surface area contributed by atoms with Crippen molar-refractivity contribution in [3.05, 3.63) is 28.2 Å². The van der Waals surface area contributed by atoms with Gasteiger partial charge >= 0.3 is 0 Å². The highest BCUT2D eigenvalue weighted by atomic mass is 35.5. The summed E-state index contributed by atoms with van der Waals surface area (Å²) in [6.07, 6.45) is 2.53. The highest BCUT2D eigenvalue weighted by Gasteiger charge is 2.20. The molecule has 1 aromatic rings. The van der Waals surface area contributed by atoms with Gasteiger partial charge in [-0.1, -0.05) is 36.2 Å². The van der Waals surface area contributed by atoms with Gasteiger partial charge in [0, 0.05) is 13.1 Å². The van der Waals surface area contributed by atoms with Gasteiger partial charge in [0.15, 0.2) is 0 Å². The molecular weight excluding hydrogens is 229 g/mol. The summed E-state index contributed by atoms with van der Waals surface area (Å²) in [6.45, 7) is 4.40. The molecule has 0 aliphatic carbocycles. The molecule has 3 heteroatoms. The standard InChI is InChI=1S/C12H15Cl2N/c1-9-4-3-7-15(8-9)12-10(13)5-2-6-11(12)14/h2,5-6,9H,3-4,7-8H2,1H3. The quantitative estimate of drug-likeness (QED) is 0.714. The minimum absolute atomic E-state index is 0.728. The number of hydrogen-bond donors (Lipinski definition) is 0. The fourth-order valence-corrected chi connectivity index (χ4v) is 2.82. The van der Waals surface area contributed by atoms with E-state index in [0.29, 0.717) is 0 Å². The number of rotatable bonds is 1. The molecule has 0 amide bonds. The third-order valence-electron chi connectivity index (χ3n) is 2.91. The minimum Gasteiger partial charge on any atom is -0.369 e. The van der Waals surface area contributed by atoms with Crippen molar-refractivity contribution in [3.63, 3.8) is 0 Å². The first-order chi connectivity index (χ1) is 7.18. The van der Waals surface area contributed by atoms with Gasteiger partial charge in [-0.2, -0.15) is 0 Å². The van der Waals surface area contributed by atoms with Crippen LogP contribution in [0.2, 0.25) is 10.0 Å². The smallest absolute Gasteiger partial charge is 0.0745 e. The van der Waals surface area contributed by atoms with Crippen LogP contribution in [-0.2, 0) is 0 Å².